The molecule has 0 amide bonds. The van der Waals surface area contributed by atoms with Gasteiger partial charge in [-0.3, -0.25) is 0 Å². The molecule has 0 aromatic carbocycles. The number of hydrogen-bond donors (Lipinski definition) is 1. The van der Waals surface area contributed by atoms with Gasteiger partial charge in [-0.25, -0.2) is 9.78 Å². The molecule has 0 spiro atoms. The van der Waals surface area contributed by atoms with Crippen LogP contribution in [-0.2, 0) is 4.74 Å². The van der Waals surface area contributed by atoms with Crippen molar-refractivity contribution in [3.8, 4) is 0 Å². The number of aromatic nitrogens is 2. The van der Waals surface area contributed by atoms with Crippen molar-refractivity contribution in [3.63, 3.8) is 0 Å². The van der Waals surface area contributed by atoms with Gasteiger partial charge in [-0.1, -0.05) is 0 Å². The zero-order chi connectivity index (χ0) is 14.0. The molecular weight excluding hydrogens is 244 g/mol. The maximum Gasteiger partial charge on any atom is 0.338 e. The Bertz CT molecular complexity index is 604. The van der Waals surface area contributed by atoms with E-state index in [-0.39, 0.29) is 6.04 Å². The molecule has 1 N–H and O–H groups in total. The third-order valence-electron chi connectivity index (χ3n) is 3.23. The van der Waals surface area contributed by atoms with Crippen molar-refractivity contribution in [2.24, 2.45) is 0 Å². The van der Waals surface area contributed by atoms with Crippen LogP contribution in [0.5, 0.6) is 0 Å². The van der Waals surface area contributed by atoms with Crippen molar-refractivity contribution in [2.75, 3.05) is 13.2 Å². The molecule has 5 heteroatoms. The minimum Gasteiger partial charge on any atom is -0.478 e. The van der Waals surface area contributed by atoms with Gasteiger partial charge in [-0.15, -0.1) is 0 Å². The number of rotatable bonds is 5. The van der Waals surface area contributed by atoms with E-state index in [1.807, 2.05) is 25.3 Å². The first-order valence-electron chi connectivity index (χ1n) is 6.34. The van der Waals surface area contributed by atoms with Crippen LogP contribution in [0.4, 0.5) is 0 Å². The molecule has 0 bridgehead atoms. The summed E-state index contributed by atoms with van der Waals surface area (Å²) in [6.07, 6.45) is 1.68. The predicted molar refractivity (Wildman–Crippen MR) is 72.6 cm³/mol. The molecule has 19 heavy (non-hydrogen) atoms. The van der Waals surface area contributed by atoms with E-state index >= 15 is 0 Å². The SMILES string of the molecule is CCOCC(C)n1c(C)c(C(=O)O)c2cccnc21. The van der Waals surface area contributed by atoms with Crippen LogP contribution < -0.4 is 0 Å². The Hall–Kier alpha value is -1.88. The van der Waals surface area contributed by atoms with E-state index in [9.17, 15) is 9.90 Å². The van der Waals surface area contributed by atoms with Crippen molar-refractivity contribution in [1.82, 2.24) is 9.55 Å². The summed E-state index contributed by atoms with van der Waals surface area (Å²) < 4.78 is 7.37. The van der Waals surface area contributed by atoms with Gasteiger partial charge in [0.2, 0.25) is 0 Å². The summed E-state index contributed by atoms with van der Waals surface area (Å²) in [4.78, 5) is 15.7. The molecule has 102 valence electrons. The van der Waals surface area contributed by atoms with Gasteiger partial charge < -0.3 is 14.4 Å². The molecule has 1 unspecified atom stereocenters. The number of fused-ring (bicyclic) bond motifs is 1. The Morgan fingerprint density at radius 2 is 2.32 bits per heavy atom. The Morgan fingerprint density at radius 1 is 1.58 bits per heavy atom. The molecular formula is C14H18N2O3. The average molecular weight is 262 g/mol. The molecule has 2 heterocycles. The Morgan fingerprint density at radius 3 is 2.95 bits per heavy atom. The second-order valence-electron chi connectivity index (χ2n) is 4.52. The molecule has 2 aromatic rings. The number of nitrogens with zero attached hydrogens (tertiary/aromatic N) is 2. The number of carbonyl (C=O) groups is 1. The third kappa shape index (κ3) is 2.33. The summed E-state index contributed by atoms with van der Waals surface area (Å²) >= 11 is 0. The summed E-state index contributed by atoms with van der Waals surface area (Å²) in [6.45, 7) is 6.93. The average Bonchev–Trinajstić information content (AvgIpc) is 2.68. The topological polar surface area (TPSA) is 64.3 Å². The fourth-order valence-corrected chi connectivity index (χ4v) is 2.43. The van der Waals surface area contributed by atoms with E-state index in [2.05, 4.69) is 4.98 Å². The van der Waals surface area contributed by atoms with Crippen molar-refractivity contribution in [3.05, 3.63) is 29.6 Å². The molecule has 0 aliphatic rings. The van der Waals surface area contributed by atoms with Gasteiger partial charge in [0.15, 0.2) is 0 Å². The smallest absolute Gasteiger partial charge is 0.338 e. The molecule has 0 radical (unpaired) electrons. The lowest BCUT2D eigenvalue weighted by molar-refractivity contribution is 0.0697. The van der Waals surface area contributed by atoms with E-state index in [0.717, 1.165) is 0 Å². The fourth-order valence-electron chi connectivity index (χ4n) is 2.43. The van der Waals surface area contributed by atoms with Crippen LogP contribution >= 0.6 is 0 Å². The van der Waals surface area contributed by atoms with Gasteiger partial charge in [-0.2, -0.15) is 0 Å². The first-order chi connectivity index (χ1) is 9.07. The molecule has 0 aliphatic heterocycles. The standard InChI is InChI=1S/C14H18N2O3/c1-4-19-8-9(2)16-10(3)12(14(17)18)11-6-5-7-15-13(11)16/h5-7,9H,4,8H2,1-3H3,(H,17,18). The highest BCUT2D eigenvalue weighted by molar-refractivity contribution is 6.04. The van der Waals surface area contributed by atoms with Crippen LogP contribution in [0.3, 0.4) is 0 Å². The van der Waals surface area contributed by atoms with Gasteiger partial charge in [-0.05, 0) is 32.9 Å². The van der Waals surface area contributed by atoms with Gasteiger partial charge in [0.1, 0.15) is 5.65 Å². The number of ether oxygens (including phenoxy) is 1. The monoisotopic (exact) mass is 262 g/mol. The number of carboxylic acids is 1. The summed E-state index contributed by atoms with van der Waals surface area (Å²) in [6, 6.07) is 3.60. The number of carboxylic acid groups (broad SMARTS) is 1. The third-order valence-corrected chi connectivity index (χ3v) is 3.23. The predicted octanol–water partition coefficient (Wildman–Crippen LogP) is 2.64. The van der Waals surface area contributed by atoms with E-state index in [1.165, 1.54) is 0 Å². The lowest BCUT2D eigenvalue weighted by Gasteiger charge is -2.16. The highest BCUT2D eigenvalue weighted by Crippen LogP contribution is 2.27. The highest BCUT2D eigenvalue weighted by atomic mass is 16.5. The van der Waals surface area contributed by atoms with Crippen LogP contribution in [0.15, 0.2) is 18.3 Å². The number of hydrogen-bond acceptors (Lipinski definition) is 3. The molecule has 0 saturated heterocycles. The Labute approximate surface area is 111 Å². The van der Waals surface area contributed by atoms with Crippen molar-refractivity contribution in [1.29, 1.82) is 0 Å². The fraction of sp³-hybridized carbons (Fsp3) is 0.429. The molecule has 5 nitrogen and oxygen atoms in total. The van der Waals surface area contributed by atoms with Gasteiger partial charge >= 0.3 is 5.97 Å². The van der Waals surface area contributed by atoms with Crippen LogP contribution in [0.1, 0.15) is 35.9 Å². The van der Waals surface area contributed by atoms with Crippen LogP contribution in [0.2, 0.25) is 0 Å². The van der Waals surface area contributed by atoms with E-state index in [0.29, 0.717) is 35.5 Å². The van der Waals surface area contributed by atoms with Crippen molar-refractivity contribution < 1.29 is 14.6 Å². The van der Waals surface area contributed by atoms with Crippen molar-refractivity contribution >= 4 is 17.0 Å². The summed E-state index contributed by atoms with van der Waals surface area (Å²) in [5, 5.41) is 10.0. The van der Waals surface area contributed by atoms with Crippen LogP contribution in [0.25, 0.3) is 11.0 Å². The summed E-state index contributed by atoms with van der Waals surface area (Å²) in [5.41, 5.74) is 1.74. The van der Waals surface area contributed by atoms with Gasteiger partial charge in [0.05, 0.1) is 18.2 Å². The lowest BCUT2D eigenvalue weighted by Crippen LogP contribution is -2.14. The first-order valence-corrected chi connectivity index (χ1v) is 6.34. The summed E-state index contributed by atoms with van der Waals surface area (Å²) in [7, 11) is 0. The maximum atomic E-state index is 11.4. The zero-order valence-electron chi connectivity index (χ0n) is 11.4. The number of aromatic carboxylic acids is 1. The molecule has 0 fully saturated rings. The van der Waals surface area contributed by atoms with Crippen LogP contribution in [0, 0.1) is 6.92 Å². The van der Waals surface area contributed by atoms with E-state index in [4.69, 9.17) is 4.74 Å². The van der Waals surface area contributed by atoms with Gasteiger partial charge in [0.25, 0.3) is 0 Å². The Balaban J connectivity index is 2.60. The molecule has 0 aliphatic carbocycles. The molecule has 1 atom stereocenters. The largest absolute Gasteiger partial charge is 0.478 e. The zero-order valence-corrected chi connectivity index (χ0v) is 11.4. The molecule has 0 saturated carbocycles. The van der Waals surface area contributed by atoms with Gasteiger partial charge in [0, 0.05) is 23.9 Å². The van der Waals surface area contributed by atoms with Crippen LogP contribution in [-0.4, -0.2) is 33.8 Å². The minimum atomic E-state index is -0.919. The quantitative estimate of drug-likeness (QED) is 0.899. The maximum absolute atomic E-state index is 11.4. The number of pyridine rings is 1. The molecule has 2 rings (SSSR count). The highest BCUT2D eigenvalue weighted by Gasteiger charge is 2.22. The second-order valence-corrected chi connectivity index (χ2v) is 4.52. The Kier molecular flexibility index (Phi) is 3.85. The normalized spacial score (nSPS) is 12.8. The van der Waals surface area contributed by atoms with Crippen molar-refractivity contribution in [2.45, 2.75) is 26.8 Å². The second kappa shape index (κ2) is 5.40. The lowest BCUT2D eigenvalue weighted by atomic mass is 10.2. The molecule has 2 aromatic heterocycles. The van der Waals surface area contributed by atoms with E-state index < -0.39 is 5.97 Å². The van der Waals surface area contributed by atoms with E-state index in [1.54, 1.807) is 18.3 Å². The first kappa shape index (κ1) is 13.5. The minimum absolute atomic E-state index is 0.0467. The summed E-state index contributed by atoms with van der Waals surface area (Å²) in [5.74, 6) is -0.919.